The van der Waals surface area contributed by atoms with Crippen LogP contribution in [0.1, 0.15) is 34.1 Å². The quantitative estimate of drug-likeness (QED) is 0.677. The van der Waals surface area contributed by atoms with Gasteiger partial charge in [0.15, 0.2) is 0 Å². The maximum absolute atomic E-state index is 11.6. The first-order valence-electron chi connectivity index (χ1n) is 5.24. The highest BCUT2D eigenvalue weighted by Crippen LogP contribution is 2.62. The zero-order valence-corrected chi connectivity index (χ0v) is 9.92. The number of amides is 1. The first kappa shape index (κ1) is 12.1. The third-order valence-electron chi connectivity index (χ3n) is 3.98. The molecule has 1 saturated carbocycles. The van der Waals surface area contributed by atoms with Crippen molar-refractivity contribution in [2.24, 2.45) is 16.6 Å². The van der Waals surface area contributed by atoms with E-state index in [2.05, 4.69) is 38.9 Å². The van der Waals surface area contributed by atoms with Crippen molar-refractivity contribution in [3.63, 3.8) is 0 Å². The first-order chi connectivity index (χ1) is 6.75. The third-order valence-corrected chi connectivity index (χ3v) is 3.98. The summed E-state index contributed by atoms with van der Waals surface area (Å²) in [4.78, 5) is 11.6. The lowest BCUT2D eigenvalue weighted by Crippen LogP contribution is -2.42. The zero-order valence-electron chi connectivity index (χ0n) is 9.92. The minimum atomic E-state index is -0.581. The van der Waals surface area contributed by atoms with E-state index in [4.69, 9.17) is 12.2 Å². The van der Waals surface area contributed by atoms with Gasteiger partial charge < -0.3 is 11.1 Å². The molecule has 0 heterocycles. The van der Waals surface area contributed by atoms with Crippen molar-refractivity contribution in [1.29, 1.82) is 0 Å². The standard InChI is InChI=1S/C12H20N2O/c1-6-7-8(13)9(15)14-10-11(2,3)12(10,4)5/h1,8,10H,7,13H2,2-5H3,(H,14,15). The van der Waals surface area contributed by atoms with Gasteiger partial charge in [0, 0.05) is 12.5 Å². The van der Waals surface area contributed by atoms with Gasteiger partial charge in [-0.1, -0.05) is 27.7 Å². The lowest BCUT2D eigenvalue weighted by molar-refractivity contribution is -0.122. The Bertz CT molecular complexity index is 298. The van der Waals surface area contributed by atoms with Crippen LogP contribution in [0.2, 0.25) is 0 Å². The van der Waals surface area contributed by atoms with Crippen molar-refractivity contribution in [3.8, 4) is 12.3 Å². The molecule has 3 nitrogen and oxygen atoms in total. The second-order valence-electron chi connectivity index (χ2n) is 5.40. The number of carbonyl (C=O) groups excluding carboxylic acids is 1. The zero-order chi connectivity index (χ0) is 11.9. The molecule has 0 radical (unpaired) electrons. The smallest absolute Gasteiger partial charge is 0.238 e. The largest absolute Gasteiger partial charge is 0.351 e. The van der Waals surface area contributed by atoms with Gasteiger partial charge in [-0.15, -0.1) is 12.3 Å². The summed E-state index contributed by atoms with van der Waals surface area (Å²) in [6.07, 6.45) is 5.40. The Morgan fingerprint density at radius 2 is 1.93 bits per heavy atom. The van der Waals surface area contributed by atoms with Crippen LogP contribution in [0.15, 0.2) is 0 Å². The highest BCUT2D eigenvalue weighted by Gasteiger charge is 2.65. The molecular formula is C12H20N2O. The van der Waals surface area contributed by atoms with Crippen LogP contribution in [-0.2, 0) is 4.79 Å². The first-order valence-corrected chi connectivity index (χ1v) is 5.24. The van der Waals surface area contributed by atoms with Gasteiger partial charge in [-0.25, -0.2) is 0 Å². The molecule has 0 aromatic heterocycles. The predicted octanol–water partition coefficient (Wildman–Crippen LogP) is 0.888. The summed E-state index contributed by atoms with van der Waals surface area (Å²) >= 11 is 0. The third kappa shape index (κ3) is 1.87. The van der Waals surface area contributed by atoms with Crippen LogP contribution in [0.4, 0.5) is 0 Å². The molecule has 1 aliphatic rings. The van der Waals surface area contributed by atoms with Gasteiger partial charge >= 0.3 is 0 Å². The molecule has 0 aliphatic heterocycles. The number of carbonyl (C=O) groups is 1. The fraction of sp³-hybridized carbons (Fsp3) is 0.750. The molecule has 15 heavy (non-hydrogen) atoms. The van der Waals surface area contributed by atoms with Gasteiger partial charge in [-0.2, -0.15) is 0 Å². The fourth-order valence-corrected chi connectivity index (χ4v) is 2.03. The van der Waals surface area contributed by atoms with E-state index < -0.39 is 6.04 Å². The van der Waals surface area contributed by atoms with E-state index in [1.54, 1.807) is 0 Å². The maximum Gasteiger partial charge on any atom is 0.238 e. The molecule has 0 bridgehead atoms. The lowest BCUT2D eigenvalue weighted by atomic mass is 10.0. The topological polar surface area (TPSA) is 55.1 Å². The molecule has 0 saturated heterocycles. The summed E-state index contributed by atoms with van der Waals surface area (Å²) in [5.74, 6) is 2.26. The van der Waals surface area contributed by atoms with Crippen LogP contribution in [0, 0.1) is 23.2 Å². The van der Waals surface area contributed by atoms with Crippen LogP contribution in [0.25, 0.3) is 0 Å². The van der Waals surface area contributed by atoms with Crippen molar-refractivity contribution in [3.05, 3.63) is 0 Å². The van der Waals surface area contributed by atoms with E-state index in [1.807, 2.05) is 0 Å². The number of nitrogens with one attached hydrogen (secondary N) is 1. The van der Waals surface area contributed by atoms with Crippen LogP contribution in [-0.4, -0.2) is 18.0 Å². The summed E-state index contributed by atoms with van der Waals surface area (Å²) in [5, 5.41) is 2.96. The predicted molar refractivity (Wildman–Crippen MR) is 60.9 cm³/mol. The molecule has 0 spiro atoms. The van der Waals surface area contributed by atoms with E-state index in [0.717, 1.165) is 0 Å². The van der Waals surface area contributed by atoms with Crippen molar-refractivity contribution in [1.82, 2.24) is 5.32 Å². The van der Waals surface area contributed by atoms with Gasteiger partial charge in [0.1, 0.15) is 0 Å². The minimum absolute atomic E-state index is 0.137. The van der Waals surface area contributed by atoms with E-state index in [1.165, 1.54) is 0 Å². The summed E-state index contributed by atoms with van der Waals surface area (Å²) in [5.41, 5.74) is 5.90. The molecule has 1 aliphatic carbocycles. The molecule has 3 heteroatoms. The Hall–Kier alpha value is -1.01. The Kier molecular flexibility index (Phi) is 2.84. The molecule has 0 aromatic carbocycles. The van der Waals surface area contributed by atoms with E-state index in [-0.39, 0.29) is 22.8 Å². The SMILES string of the molecule is C#CCC(N)C(=O)NC1C(C)(C)C1(C)C. The number of hydrogen-bond donors (Lipinski definition) is 2. The Labute approximate surface area is 91.8 Å². The molecule has 3 N–H and O–H groups in total. The second kappa shape index (κ2) is 3.53. The highest BCUT2D eigenvalue weighted by molar-refractivity contribution is 5.82. The van der Waals surface area contributed by atoms with Gasteiger partial charge in [-0.05, 0) is 10.8 Å². The van der Waals surface area contributed by atoms with Gasteiger partial charge in [-0.3, -0.25) is 4.79 Å². The van der Waals surface area contributed by atoms with Crippen LogP contribution in [0.5, 0.6) is 0 Å². The molecule has 84 valence electrons. The fourth-order valence-electron chi connectivity index (χ4n) is 2.03. The van der Waals surface area contributed by atoms with Crippen LogP contribution >= 0.6 is 0 Å². The van der Waals surface area contributed by atoms with Gasteiger partial charge in [0.05, 0.1) is 6.04 Å². The Morgan fingerprint density at radius 3 is 2.27 bits per heavy atom. The summed E-state index contributed by atoms with van der Waals surface area (Å²) in [7, 11) is 0. The average molecular weight is 208 g/mol. The average Bonchev–Trinajstić information content (AvgIpc) is 2.48. The molecule has 0 aromatic rings. The van der Waals surface area contributed by atoms with Gasteiger partial charge in [0.2, 0.25) is 5.91 Å². The summed E-state index contributed by atoms with van der Waals surface area (Å²) < 4.78 is 0. The van der Waals surface area contributed by atoms with Crippen LogP contribution < -0.4 is 11.1 Å². The molecule has 1 unspecified atom stereocenters. The second-order valence-corrected chi connectivity index (χ2v) is 5.40. The van der Waals surface area contributed by atoms with Crippen molar-refractivity contribution in [2.75, 3.05) is 0 Å². The Balaban J connectivity index is 2.53. The number of rotatable bonds is 3. The Morgan fingerprint density at radius 1 is 1.47 bits per heavy atom. The highest BCUT2D eigenvalue weighted by atomic mass is 16.2. The molecular weight excluding hydrogens is 188 g/mol. The molecule has 1 fully saturated rings. The van der Waals surface area contributed by atoms with Crippen LogP contribution in [0.3, 0.4) is 0 Å². The number of hydrogen-bond acceptors (Lipinski definition) is 2. The van der Waals surface area contributed by atoms with Crippen molar-refractivity contribution < 1.29 is 4.79 Å². The summed E-state index contributed by atoms with van der Waals surface area (Å²) in [6.45, 7) is 8.57. The summed E-state index contributed by atoms with van der Waals surface area (Å²) in [6, 6.07) is -0.386. The number of nitrogens with two attached hydrogens (primary N) is 1. The van der Waals surface area contributed by atoms with Gasteiger partial charge in [0.25, 0.3) is 0 Å². The number of terminal acetylenes is 1. The van der Waals surface area contributed by atoms with E-state index >= 15 is 0 Å². The van der Waals surface area contributed by atoms with E-state index in [9.17, 15) is 4.79 Å². The lowest BCUT2D eigenvalue weighted by Gasteiger charge is -2.10. The molecule has 1 rings (SSSR count). The minimum Gasteiger partial charge on any atom is -0.351 e. The normalized spacial score (nSPS) is 24.0. The monoisotopic (exact) mass is 208 g/mol. The van der Waals surface area contributed by atoms with Crippen molar-refractivity contribution in [2.45, 2.75) is 46.2 Å². The maximum atomic E-state index is 11.6. The van der Waals surface area contributed by atoms with Crippen molar-refractivity contribution >= 4 is 5.91 Å². The molecule has 1 atom stereocenters. The molecule has 1 amide bonds. The van der Waals surface area contributed by atoms with E-state index in [0.29, 0.717) is 6.42 Å².